The molecule has 0 fully saturated rings. The van der Waals surface area contributed by atoms with Gasteiger partial charge < -0.3 is 0 Å². The molecule has 0 saturated heterocycles. The number of alkyl halides is 1. The van der Waals surface area contributed by atoms with Crippen LogP contribution >= 0.6 is 15.9 Å². The SMILES string of the molecule is CC(C)(C)CS(=O)(=O)NC1c2ccccc2CC1Br. The Morgan fingerprint density at radius 2 is 1.95 bits per heavy atom. The van der Waals surface area contributed by atoms with Gasteiger partial charge in [-0.25, -0.2) is 13.1 Å². The molecule has 5 heteroatoms. The first-order valence-corrected chi connectivity index (χ1v) is 8.97. The maximum atomic E-state index is 12.2. The van der Waals surface area contributed by atoms with E-state index in [1.54, 1.807) is 0 Å². The molecule has 1 aliphatic rings. The number of sulfonamides is 1. The van der Waals surface area contributed by atoms with Crippen LogP contribution in [0.3, 0.4) is 0 Å². The Hall–Kier alpha value is -0.390. The molecule has 1 aromatic carbocycles. The van der Waals surface area contributed by atoms with E-state index in [1.807, 2.05) is 39.0 Å². The molecule has 106 valence electrons. The number of hydrogen-bond donors (Lipinski definition) is 1. The van der Waals surface area contributed by atoms with E-state index in [9.17, 15) is 8.42 Å². The lowest BCUT2D eigenvalue weighted by Gasteiger charge is -2.22. The Labute approximate surface area is 124 Å². The van der Waals surface area contributed by atoms with Crippen LogP contribution < -0.4 is 4.72 Å². The van der Waals surface area contributed by atoms with Gasteiger partial charge in [0, 0.05) is 4.83 Å². The van der Waals surface area contributed by atoms with Gasteiger partial charge in [0.2, 0.25) is 10.0 Å². The summed E-state index contributed by atoms with van der Waals surface area (Å²) >= 11 is 3.59. The Morgan fingerprint density at radius 3 is 2.58 bits per heavy atom. The second-order valence-electron chi connectivity index (χ2n) is 6.33. The van der Waals surface area contributed by atoms with Gasteiger partial charge in [-0.2, -0.15) is 0 Å². The predicted molar refractivity (Wildman–Crippen MR) is 82.0 cm³/mol. The van der Waals surface area contributed by atoms with E-state index >= 15 is 0 Å². The summed E-state index contributed by atoms with van der Waals surface area (Å²) in [7, 11) is -3.28. The van der Waals surface area contributed by atoms with Gasteiger partial charge >= 0.3 is 0 Å². The molecule has 0 saturated carbocycles. The van der Waals surface area contributed by atoms with Crippen LogP contribution in [0.15, 0.2) is 24.3 Å². The molecule has 2 unspecified atom stereocenters. The smallest absolute Gasteiger partial charge is 0.212 e. The maximum absolute atomic E-state index is 12.2. The molecular formula is C14H20BrNO2S. The van der Waals surface area contributed by atoms with E-state index in [0.717, 1.165) is 12.0 Å². The zero-order valence-electron chi connectivity index (χ0n) is 11.5. The Bertz CT molecular complexity index is 563. The zero-order chi connectivity index (χ0) is 14.3. The Balaban J connectivity index is 2.20. The van der Waals surface area contributed by atoms with Gasteiger partial charge in [0.15, 0.2) is 0 Å². The lowest BCUT2D eigenvalue weighted by atomic mass is 10.0. The quantitative estimate of drug-likeness (QED) is 0.856. The standard InChI is InChI=1S/C14H20BrNO2S/c1-14(2,3)9-19(17,18)16-13-11-7-5-4-6-10(11)8-12(13)15/h4-7,12-13,16H,8-9H2,1-3H3. The molecule has 2 rings (SSSR count). The molecule has 3 nitrogen and oxygen atoms in total. The predicted octanol–water partition coefficient (Wildman–Crippen LogP) is 3.01. The summed E-state index contributed by atoms with van der Waals surface area (Å²) in [4.78, 5) is 0.125. The molecule has 0 radical (unpaired) electrons. The van der Waals surface area contributed by atoms with Crippen LogP contribution in [0.1, 0.15) is 37.9 Å². The lowest BCUT2D eigenvalue weighted by Crippen LogP contribution is -2.37. The van der Waals surface area contributed by atoms with Crippen molar-refractivity contribution in [1.29, 1.82) is 0 Å². The topological polar surface area (TPSA) is 46.2 Å². The van der Waals surface area contributed by atoms with Crippen LogP contribution in [0.25, 0.3) is 0 Å². The average Bonchev–Trinajstić information content (AvgIpc) is 2.52. The molecule has 0 spiro atoms. The highest BCUT2D eigenvalue weighted by Gasteiger charge is 2.34. The van der Waals surface area contributed by atoms with Crippen molar-refractivity contribution in [2.24, 2.45) is 5.41 Å². The van der Waals surface area contributed by atoms with Crippen LogP contribution in [-0.4, -0.2) is 19.0 Å². The highest BCUT2D eigenvalue weighted by atomic mass is 79.9. The van der Waals surface area contributed by atoms with E-state index in [4.69, 9.17) is 0 Å². The van der Waals surface area contributed by atoms with Crippen molar-refractivity contribution in [3.05, 3.63) is 35.4 Å². The van der Waals surface area contributed by atoms with Crippen LogP contribution in [0.5, 0.6) is 0 Å². The first-order valence-electron chi connectivity index (χ1n) is 6.40. The molecule has 0 bridgehead atoms. The molecule has 0 amide bonds. The van der Waals surface area contributed by atoms with Gasteiger partial charge in [0.05, 0.1) is 11.8 Å². The molecule has 1 N–H and O–H groups in total. The van der Waals surface area contributed by atoms with Crippen molar-refractivity contribution in [2.45, 2.75) is 38.1 Å². The minimum atomic E-state index is -3.28. The van der Waals surface area contributed by atoms with Crippen molar-refractivity contribution >= 4 is 26.0 Å². The third-order valence-electron chi connectivity index (χ3n) is 3.10. The Morgan fingerprint density at radius 1 is 1.32 bits per heavy atom. The molecular weight excluding hydrogens is 326 g/mol. The highest BCUT2D eigenvalue weighted by molar-refractivity contribution is 9.09. The Kier molecular flexibility index (Phi) is 4.10. The number of nitrogens with one attached hydrogen (secondary N) is 1. The summed E-state index contributed by atoms with van der Waals surface area (Å²) in [6, 6.07) is 7.84. The van der Waals surface area contributed by atoms with E-state index in [0.29, 0.717) is 0 Å². The van der Waals surface area contributed by atoms with Crippen LogP contribution in [0.4, 0.5) is 0 Å². The maximum Gasteiger partial charge on any atom is 0.212 e. The van der Waals surface area contributed by atoms with Gasteiger partial charge in [-0.15, -0.1) is 0 Å². The molecule has 19 heavy (non-hydrogen) atoms. The van der Waals surface area contributed by atoms with E-state index < -0.39 is 10.0 Å². The van der Waals surface area contributed by atoms with Crippen molar-refractivity contribution in [3.63, 3.8) is 0 Å². The summed E-state index contributed by atoms with van der Waals surface area (Å²) in [6.07, 6.45) is 0.860. The molecule has 1 aromatic rings. The van der Waals surface area contributed by atoms with Crippen LogP contribution in [0.2, 0.25) is 0 Å². The molecule has 2 atom stereocenters. The lowest BCUT2D eigenvalue weighted by molar-refractivity contribution is 0.454. The largest absolute Gasteiger partial charge is 0.212 e. The number of hydrogen-bond acceptors (Lipinski definition) is 2. The van der Waals surface area contributed by atoms with Gasteiger partial charge in [0.25, 0.3) is 0 Å². The summed E-state index contributed by atoms with van der Waals surface area (Å²) in [5.41, 5.74) is 2.06. The minimum Gasteiger partial charge on any atom is -0.212 e. The van der Waals surface area contributed by atoms with E-state index in [1.165, 1.54) is 5.56 Å². The normalized spacial score (nSPS) is 23.4. The van der Waals surface area contributed by atoms with Crippen molar-refractivity contribution in [1.82, 2.24) is 4.72 Å². The fourth-order valence-corrected chi connectivity index (χ4v) is 5.33. The summed E-state index contributed by atoms with van der Waals surface area (Å²) in [6.45, 7) is 5.79. The monoisotopic (exact) mass is 345 g/mol. The third-order valence-corrected chi connectivity index (χ3v) is 5.81. The van der Waals surface area contributed by atoms with E-state index in [-0.39, 0.29) is 22.0 Å². The molecule has 0 aliphatic heterocycles. The first kappa shape index (κ1) is 15.0. The minimum absolute atomic E-state index is 0.125. The van der Waals surface area contributed by atoms with Crippen molar-refractivity contribution in [2.75, 3.05) is 5.75 Å². The summed E-state index contributed by atoms with van der Waals surface area (Å²) in [5, 5.41) is 0. The van der Waals surface area contributed by atoms with Gasteiger partial charge in [-0.1, -0.05) is 61.0 Å². The van der Waals surface area contributed by atoms with Crippen molar-refractivity contribution < 1.29 is 8.42 Å². The second kappa shape index (κ2) is 5.19. The number of benzene rings is 1. The fraction of sp³-hybridized carbons (Fsp3) is 0.571. The fourth-order valence-electron chi connectivity index (χ4n) is 2.49. The third kappa shape index (κ3) is 3.80. The van der Waals surface area contributed by atoms with Crippen LogP contribution in [0, 0.1) is 5.41 Å². The molecule has 1 aliphatic carbocycles. The van der Waals surface area contributed by atoms with E-state index in [2.05, 4.69) is 26.7 Å². The average molecular weight is 346 g/mol. The zero-order valence-corrected chi connectivity index (χ0v) is 13.9. The van der Waals surface area contributed by atoms with Crippen molar-refractivity contribution in [3.8, 4) is 0 Å². The highest BCUT2D eigenvalue weighted by Crippen LogP contribution is 2.36. The van der Waals surface area contributed by atoms with Crippen LogP contribution in [-0.2, 0) is 16.4 Å². The molecule has 0 heterocycles. The molecule has 0 aromatic heterocycles. The summed E-state index contributed by atoms with van der Waals surface area (Å²) < 4.78 is 27.3. The number of fused-ring (bicyclic) bond motifs is 1. The first-order chi connectivity index (χ1) is 8.68. The summed E-state index contributed by atoms with van der Waals surface area (Å²) in [5.74, 6) is 0.137. The van der Waals surface area contributed by atoms with Gasteiger partial charge in [-0.05, 0) is 23.0 Å². The number of halogens is 1. The second-order valence-corrected chi connectivity index (χ2v) is 9.26. The van der Waals surface area contributed by atoms with Gasteiger partial charge in [-0.3, -0.25) is 0 Å². The number of rotatable bonds is 3. The van der Waals surface area contributed by atoms with Gasteiger partial charge in [0.1, 0.15) is 0 Å².